The fraction of sp³-hybridized carbons (Fsp3) is 0.906. The van der Waals surface area contributed by atoms with Gasteiger partial charge in [-0.25, -0.2) is 0 Å². The summed E-state index contributed by atoms with van der Waals surface area (Å²) in [5, 5.41) is 23.1. The van der Waals surface area contributed by atoms with E-state index in [-0.39, 0.29) is 18.5 Å². The first kappa shape index (κ1) is 68.3. The van der Waals surface area contributed by atoms with Crippen molar-refractivity contribution < 1.29 is 24.5 Å². The highest BCUT2D eigenvalue weighted by Gasteiger charge is 2.18. The van der Waals surface area contributed by atoms with Crippen LogP contribution in [0.25, 0.3) is 0 Å². The normalized spacial score (nSPS) is 12.7. The average Bonchev–Trinajstić information content (AvgIpc) is 3.36. The lowest BCUT2D eigenvalue weighted by Crippen LogP contribution is -2.45. The van der Waals surface area contributed by atoms with E-state index in [9.17, 15) is 19.8 Å². The number of amides is 1. The summed E-state index contributed by atoms with van der Waals surface area (Å²) in [4.78, 5) is 24.5. The fourth-order valence-corrected chi connectivity index (χ4v) is 9.87. The van der Waals surface area contributed by atoms with Crippen LogP contribution in [0.5, 0.6) is 0 Å². The van der Waals surface area contributed by atoms with Gasteiger partial charge < -0.3 is 20.3 Å². The van der Waals surface area contributed by atoms with E-state index < -0.39 is 12.1 Å². The van der Waals surface area contributed by atoms with Gasteiger partial charge in [-0.05, 0) is 57.8 Å². The lowest BCUT2D eigenvalue weighted by molar-refractivity contribution is -0.143. The number of aliphatic hydroxyl groups excluding tert-OH is 2. The van der Waals surface area contributed by atoms with Gasteiger partial charge in [0.05, 0.1) is 25.4 Å². The fourth-order valence-electron chi connectivity index (χ4n) is 9.87. The maximum absolute atomic E-state index is 12.5. The van der Waals surface area contributed by atoms with E-state index in [0.717, 1.165) is 38.5 Å². The molecule has 6 nitrogen and oxygen atoms in total. The minimum absolute atomic E-state index is 0.0156. The number of hydrogen-bond acceptors (Lipinski definition) is 5. The van der Waals surface area contributed by atoms with Gasteiger partial charge in [-0.15, -0.1) is 0 Å². The zero-order chi connectivity index (χ0) is 50.7. The second-order valence-electron chi connectivity index (χ2n) is 21.7. The number of ether oxygens (including phenoxy) is 1. The molecule has 3 N–H and O–H groups in total. The van der Waals surface area contributed by atoms with Gasteiger partial charge >= 0.3 is 5.97 Å². The van der Waals surface area contributed by atoms with Crippen LogP contribution in [-0.2, 0) is 14.3 Å². The Kier molecular flexibility index (Phi) is 58.5. The van der Waals surface area contributed by atoms with E-state index in [2.05, 4.69) is 31.3 Å². The molecule has 0 heterocycles. The summed E-state index contributed by atoms with van der Waals surface area (Å²) in [7, 11) is 0. The third kappa shape index (κ3) is 55.7. The number of carbonyl (C=O) groups excluding carboxylic acids is 2. The van der Waals surface area contributed by atoms with Crippen molar-refractivity contribution in [1.29, 1.82) is 0 Å². The van der Waals surface area contributed by atoms with Crippen LogP contribution in [0, 0.1) is 0 Å². The highest BCUT2D eigenvalue weighted by Crippen LogP contribution is 2.17. The van der Waals surface area contributed by atoms with Crippen LogP contribution in [0.1, 0.15) is 348 Å². The topological polar surface area (TPSA) is 95.9 Å². The standard InChI is InChI=1S/C64H123NO5/c1-3-5-7-9-11-13-15-17-33-36-40-44-48-52-56-62(67)61(60-66)65-63(68)57-53-49-45-41-37-34-31-29-27-25-23-21-19-18-20-22-24-26-28-30-32-35-39-43-47-51-55-59-70-64(69)58-54-50-46-42-38-16-14-12-10-8-6-4-2/h18-19,52,56,61-62,66-67H,3-17,20-51,53-55,57-60H2,1-2H3,(H,65,68)/b19-18-,56-52+. The van der Waals surface area contributed by atoms with Crippen molar-refractivity contribution >= 4 is 11.9 Å². The molecule has 0 bridgehead atoms. The third-order valence-electron chi connectivity index (χ3n) is 14.7. The van der Waals surface area contributed by atoms with E-state index in [0.29, 0.717) is 19.4 Å². The SMILES string of the molecule is CCCCCCCCCCCCCC/C=C/C(O)C(CO)NC(=O)CCCCCCCCCCCCC/C=C\CCCCCCCCCCCCCCOC(=O)CCCCCCCCCCCCCC. The molecule has 0 aromatic heterocycles. The molecule has 0 aliphatic rings. The van der Waals surface area contributed by atoms with Crippen molar-refractivity contribution in [2.45, 2.75) is 360 Å². The Bertz CT molecular complexity index is 1090. The van der Waals surface area contributed by atoms with Crippen LogP contribution in [0.3, 0.4) is 0 Å². The first-order chi connectivity index (χ1) is 34.5. The van der Waals surface area contributed by atoms with Gasteiger partial charge in [0.2, 0.25) is 5.91 Å². The van der Waals surface area contributed by atoms with Crippen molar-refractivity contribution in [3.8, 4) is 0 Å². The summed E-state index contributed by atoms with van der Waals surface area (Å²) in [6.07, 6.45) is 73.7. The predicted octanol–water partition coefficient (Wildman–Crippen LogP) is 19.8. The van der Waals surface area contributed by atoms with Crippen molar-refractivity contribution in [2.24, 2.45) is 0 Å². The monoisotopic (exact) mass is 986 g/mol. The second kappa shape index (κ2) is 59.9. The Morgan fingerprint density at radius 1 is 0.386 bits per heavy atom. The molecule has 0 fully saturated rings. The number of esters is 1. The summed E-state index contributed by atoms with van der Waals surface area (Å²) in [6.45, 7) is 4.92. The van der Waals surface area contributed by atoms with Gasteiger partial charge in [-0.2, -0.15) is 0 Å². The summed E-state index contributed by atoms with van der Waals surface area (Å²) in [5.41, 5.74) is 0. The first-order valence-corrected chi connectivity index (χ1v) is 31.6. The minimum Gasteiger partial charge on any atom is -0.466 e. The van der Waals surface area contributed by atoms with E-state index in [1.807, 2.05) is 6.08 Å². The van der Waals surface area contributed by atoms with Gasteiger partial charge in [0.1, 0.15) is 0 Å². The molecule has 2 unspecified atom stereocenters. The molecule has 2 atom stereocenters. The largest absolute Gasteiger partial charge is 0.466 e. The van der Waals surface area contributed by atoms with Crippen molar-refractivity contribution in [3.63, 3.8) is 0 Å². The lowest BCUT2D eigenvalue weighted by atomic mass is 10.0. The quantitative estimate of drug-likeness (QED) is 0.0321. The summed E-state index contributed by atoms with van der Waals surface area (Å²) in [6, 6.07) is -0.627. The molecule has 0 rings (SSSR count). The van der Waals surface area contributed by atoms with Crippen LogP contribution in [0.4, 0.5) is 0 Å². The molecule has 1 amide bonds. The smallest absolute Gasteiger partial charge is 0.305 e. The van der Waals surface area contributed by atoms with Crippen LogP contribution >= 0.6 is 0 Å². The average molecular weight is 987 g/mol. The highest BCUT2D eigenvalue weighted by atomic mass is 16.5. The molecular weight excluding hydrogens is 863 g/mol. The van der Waals surface area contributed by atoms with Gasteiger partial charge in [0, 0.05) is 12.8 Å². The Labute approximate surface area is 437 Å². The van der Waals surface area contributed by atoms with Gasteiger partial charge in [-0.3, -0.25) is 9.59 Å². The molecular formula is C64H123NO5. The number of aliphatic hydroxyl groups is 2. The van der Waals surface area contributed by atoms with E-state index in [4.69, 9.17) is 4.74 Å². The molecule has 0 aromatic rings. The number of nitrogens with one attached hydrogen (secondary N) is 1. The van der Waals surface area contributed by atoms with E-state index in [1.54, 1.807) is 6.08 Å². The third-order valence-corrected chi connectivity index (χ3v) is 14.7. The molecule has 0 aliphatic carbocycles. The van der Waals surface area contributed by atoms with Crippen LogP contribution in [-0.4, -0.2) is 47.4 Å². The highest BCUT2D eigenvalue weighted by molar-refractivity contribution is 5.76. The molecule has 0 saturated heterocycles. The lowest BCUT2D eigenvalue weighted by Gasteiger charge is -2.20. The van der Waals surface area contributed by atoms with Crippen molar-refractivity contribution in [3.05, 3.63) is 24.3 Å². The summed E-state index contributed by atoms with van der Waals surface area (Å²) in [5.74, 6) is -0.0518. The predicted molar refractivity (Wildman–Crippen MR) is 306 cm³/mol. The molecule has 0 saturated carbocycles. The zero-order valence-electron chi connectivity index (χ0n) is 47.3. The van der Waals surface area contributed by atoms with Crippen molar-refractivity contribution in [1.82, 2.24) is 5.32 Å². The van der Waals surface area contributed by atoms with Crippen LogP contribution in [0.15, 0.2) is 24.3 Å². The number of carbonyl (C=O) groups is 2. The Morgan fingerprint density at radius 2 is 0.671 bits per heavy atom. The molecule has 0 aromatic carbocycles. The Hall–Kier alpha value is -1.66. The number of unbranched alkanes of at least 4 members (excludes halogenated alkanes) is 46. The molecule has 70 heavy (non-hydrogen) atoms. The van der Waals surface area contributed by atoms with E-state index in [1.165, 1.54) is 283 Å². The van der Waals surface area contributed by atoms with Gasteiger partial charge in [0.25, 0.3) is 0 Å². The Morgan fingerprint density at radius 3 is 1.01 bits per heavy atom. The molecule has 0 spiro atoms. The maximum atomic E-state index is 12.5. The summed E-state index contributed by atoms with van der Waals surface area (Å²) >= 11 is 0. The molecule has 414 valence electrons. The maximum Gasteiger partial charge on any atom is 0.305 e. The van der Waals surface area contributed by atoms with E-state index >= 15 is 0 Å². The van der Waals surface area contributed by atoms with Gasteiger partial charge in [-0.1, -0.05) is 301 Å². The second-order valence-corrected chi connectivity index (χ2v) is 21.7. The van der Waals surface area contributed by atoms with Crippen LogP contribution < -0.4 is 5.32 Å². The van der Waals surface area contributed by atoms with Crippen molar-refractivity contribution in [2.75, 3.05) is 13.2 Å². The van der Waals surface area contributed by atoms with Gasteiger partial charge in [0.15, 0.2) is 0 Å². The molecule has 0 radical (unpaired) electrons. The number of hydrogen-bond donors (Lipinski definition) is 3. The molecule has 6 heteroatoms. The minimum atomic E-state index is -0.844. The Balaban J connectivity index is 3.39. The van der Waals surface area contributed by atoms with Crippen LogP contribution in [0.2, 0.25) is 0 Å². The molecule has 0 aliphatic heterocycles. The number of allylic oxidation sites excluding steroid dienone is 3. The number of rotatable bonds is 59. The summed E-state index contributed by atoms with van der Waals surface area (Å²) < 4.78 is 5.48. The zero-order valence-corrected chi connectivity index (χ0v) is 47.3. The first-order valence-electron chi connectivity index (χ1n) is 31.6.